The molecule has 1 amide bonds. The van der Waals surface area contributed by atoms with Gasteiger partial charge in [0.15, 0.2) is 5.65 Å². The Morgan fingerprint density at radius 1 is 0.969 bits per heavy atom. The second kappa shape index (κ2) is 7.19. The number of fused-ring (bicyclic) bond motifs is 3. The number of amides is 1. The van der Waals surface area contributed by atoms with Crippen molar-refractivity contribution in [1.29, 1.82) is 0 Å². The molecule has 0 aliphatic carbocycles. The monoisotopic (exact) mass is 428 g/mol. The van der Waals surface area contributed by atoms with E-state index in [0.717, 1.165) is 15.7 Å². The van der Waals surface area contributed by atoms with Crippen LogP contribution in [0.5, 0.6) is 11.5 Å². The number of ether oxygens (including phenoxy) is 1. The Morgan fingerprint density at radius 2 is 1.56 bits per heavy atom. The highest BCUT2D eigenvalue weighted by Gasteiger charge is 2.33. The van der Waals surface area contributed by atoms with Crippen molar-refractivity contribution in [3.05, 3.63) is 92.3 Å². The van der Waals surface area contributed by atoms with Crippen LogP contribution in [0.3, 0.4) is 0 Å². The van der Waals surface area contributed by atoms with Gasteiger partial charge >= 0.3 is 5.69 Å². The van der Waals surface area contributed by atoms with Gasteiger partial charge in [0.2, 0.25) is 5.91 Å². The molecule has 0 spiro atoms. The summed E-state index contributed by atoms with van der Waals surface area (Å²) >= 11 is 0. The average Bonchev–Trinajstić information content (AvgIpc) is 2.80. The molecule has 4 aromatic rings. The Balaban J connectivity index is 1.69. The van der Waals surface area contributed by atoms with Crippen LogP contribution in [0.1, 0.15) is 22.6 Å². The van der Waals surface area contributed by atoms with Crippen LogP contribution in [-0.2, 0) is 18.9 Å². The maximum atomic E-state index is 13.7. The Kier molecular flexibility index (Phi) is 4.44. The molecule has 5 rings (SSSR count). The lowest BCUT2D eigenvalue weighted by atomic mass is 9.87. The van der Waals surface area contributed by atoms with E-state index < -0.39 is 17.2 Å². The molecule has 0 bridgehead atoms. The van der Waals surface area contributed by atoms with Crippen molar-refractivity contribution in [1.82, 2.24) is 14.1 Å². The number of benzene rings is 2. The number of carbonyl (C=O) groups excluding carboxylic acids is 1. The third kappa shape index (κ3) is 2.84. The second-order valence-electron chi connectivity index (χ2n) is 7.82. The summed E-state index contributed by atoms with van der Waals surface area (Å²) in [7, 11) is 2.95. The normalized spacial score (nSPS) is 12.7. The average molecular weight is 428 g/mol. The first kappa shape index (κ1) is 19.7. The molecule has 2 aromatic carbocycles. The topological polar surface area (TPSA) is 95.2 Å². The molecule has 1 aliphatic rings. The Hall–Kier alpha value is -4.20. The number of hydrogen-bond donors (Lipinski definition) is 1. The molecule has 32 heavy (non-hydrogen) atoms. The van der Waals surface area contributed by atoms with E-state index in [0.29, 0.717) is 22.7 Å². The molecule has 1 aliphatic heterocycles. The first-order valence-electron chi connectivity index (χ1n) is 10.1. The summed E-state index contributed by atoms with van der Waals surface area (Å²) in [5.74, 6) is 0.289. The molecule has 3 heterocycles. The number of carbonyl (C=O) groups is 1. The maximum Gasteiger partial charge on any atom is 0.332 e. The van der Waals surface area contributed by atoms with Gasteiger partial charge in [-0.1, -0.05) is 36.4 Å². The van der Waals surface area contributed by atoms with Crippen molar-refractivity contribution in [3.63, 3.8) is 0 Å². The molecule has 2 aromatic heterocycles. The van der Waals surface area contributed by atoms with E-state index in [1.54, 1.807) is 20.2 Å². The number of nitrogens with zero attached hydrogens (tertiary/aromatic N) is 3. The van der Waals surface area contributed by atoms with Crippen molar-refractivity contribution < 1.29 is 9.53 Å². The summed E-state index contributed by atoms with van der Waals surface area (Å²) in [5.41, 5.74) is 1.66. The summed E-state index contributed by atoms with van der Waals surface area (Å²) in [5, 5.41) is 3.15. The molecule has 160 valence electrons. The highest BCUT2D eigenvalue weighted by atomic mass is 16.5. The number of anilines is 1. The number of aromatic nitrogens is 3. The highest BCUT2D eigenvalue weighted by molar-refractivity contribution is 6.05. The minimum absolute atomic E-state index is 0.191. The number of hydrogen-bond acceptors (Lipinski definition) is 5. The fourth-order valence-corrected chi connectivity index (χ4v) is 4.17. The molecule has 1 N–H and O–H groups in total. The number of nitrogens with one attached hydrogen (secondary N) is 1. The van der Waals surface area contributed by atoms with Crippen molar-refractivity contribution >= 4 is 22.6 Å². The number of rotatable bonds is 2. The zero-order chi connectivity index (χ0) is 22.6. The van der Waals surface area contributed by atoms with Crippen LogP contribution in [0.4, 0.5) is 5.69 Å². The van der Waals surface area contributed by atoms with E-state index in [1.807, 2.05) is 48.5 Å². The molecule has 0 radical (unpaired) electrons. The summed E-state index contributed by atoms with van der Waals surface area (Å²) in [6.07, 6.45) is 1.54. The summed E-state index contributed by atoms with van der Waals surface area (Å²) in [4.78, 5) is 43.2. The standard InChI is InChI=1S/C24H20N4O4/c1-13-12-25-21-19(23(30)28(3)24(31)27(21)2)20(13)26-22(29)18-14-8-4-6-10-16(14)32-17-11-7-5-9-15(17)18/h4-12,18H,1-3H3,(H,25,26,29). The van der Waals surface area contributed by atoms with Gasteiger partial charge in [-0.25, -0.2) is 9.78 Å². The van der Waals surface area contributed by atoms with Crippen molar-refractivity contribution in [2.45, 2.75) is 12.8 Å². The molecule has 0 saturated carbocycles. The molecule has 0 atom stereocenters. The predicted molar refractivity (Wildman–Crippen MR) is 120 cm³/mol. The van der Waals surface area contributed by atoms with Crippen LogP contribution >= 0.6 is 0 Å². The van der Waals surface area contributed by atoms with E-state index in [2.05, 4.69) is 10.3 Å². The molecular weight excluding hydrogens is 408 g/mol. The quantitative estimate of drug-likeness (QED) is 0.530. The Bertz CT molecular complexity index is 1490. The zero-order valence-corrected chi connectivity index (χ0v) is 17.7. The molecule has 8 heteroatoms. The number of aryl methyl sites for hydroxylation is 2. The van der Waals surface area contributed by atoms with Crippen LogP contribution in [-0.4, -0.2) is 20.0 Å². The van der Waals surface area contributed by atoms with Crippen LogP contribution in [0.25, 0.3) is 11.0 Å². The van der Waals surface area contributed by atoms with Gasteiger partial charge in [-0.2, -0.15) is 0 Å². The molecular formula is C24H20N4O4. The van der Waals surface area contributed by atoms with Gasteiger partial charge in [0.05, 0.1) is 11.6 Å². The Morgan fingerprint density at radius 3 is 2.19 bits per heavy atom. The lowest BCUT2D eigenvalue weighted by Gasteiger charge is -2.27. The fraction of sp³-hybridized carbons (Fsp3) is 0.167. The van der Waals surface area contributed by atoms with Gasteiger partial charge in [-0.15, -0.1) is 0 Å². The van der Waals surface area contributed by atoms with Crippen LogP contribution in [0, 0.1) is 6.92 Å². The molecule has 0 fully saturated rings. The maximum absolute atomic E-state index is 13.7. The van der Waals surface area contributed by atoms with Gasteiger partial charge in [0.25, 0.3) is 5.56 Å². The lowest BCUT2D eigenvalue weighted by Crippen LogP contribution is -2.38. The van der Waals surface area contributed by atoms with E-state index >= 15 is 0 Å². The summed E-state index contributed by atoms with van der Waals surface area (Å²) in [6.45, 7) is 1.76. The van der Waals surface area contributed by atoms with Crippen molar-refractivity contribution in [2.24, 2.45) is 14.1 Å². The molecule has 8 nitrogen and oxygen atoms in total. The first-order chi connectivity index (χ1) is 15.4. The van der Waals surface area contributed by atoms with E-state index in [9.17, 15) is 14.4 Å². The second-order valence-corrected chi connectivity index (χ2v) is 7.82. The number of para-hydroxylation sites is 2. The first-order valence-corrected chi connectivity index (χ1v) is 10.1. The van der Waals surface area contributed by atoms with E-state index in [-0.39, 0.29) is 16.9 Å². The molecule has 0 unspecified atom stereocenters. The van der Waals surface area contributed by atoms with Crippen molar-refractivity contribution in [3.8, 4) is 11.5 Å². The lowest BCUT2D eigenvalue weighted by molar-refractivity contribution is -0.116. The predicted octanol–water partition coefficient (Wildman–Crippen LogP) is 2.82. The number of pyridine rings is 1. The minimum Gasteiger partial charge on any atom is -0.457 e. The fourth-order valence-electron chi connectivity index (χ4n) is 4.17. The van der Waals surface area contributed by atoms with Gasteiger partial charge in [-0.05, 0) is 24.6 Å². The van der Waals surface area contributed by atoms with Gasteiger partial charge in [0, 0.05) is 31.4 Å². The van der Waals surface area contributed by atoms with Crippen LogP contribution in [0.2, 0.25) is 0 Å². The van der Waals surface area contributed by atoms with Gasteiger partial charge in [0.1, 0.15) is 16.9 Å². The van der Waals surface area contributed by atoms with Gasteiger partial charge in [-0.3, -0.25) is 18.7 Å². The van der Waals surface area contributed by atoms with E-state index in [1.165, 1.54) is 11.6 Å². The largest absolute Gasteiger partial charge is 0.457 e. The zero-order valence-electron chi connectivity index (χ0n) is 17.7. The van der Waals surface area contributed by atoms with Crippen LogP contribution < -0.4 is 21.3 Å². The third-order valence-electron chi connectivity index (χ3n) is 5.85. The van der Waals surface area contributed by atoms with Crippen LogP contribution in [0.15, 0.2) is 64.3 Å². The smallest absolute Gasteiger partial charge is 0.332 e. The highest BCUT2D eigenvalue weighted by Crippen LogP contribution is 2.44. The summed E-state index contributed by atoms with van der Waals surface area (Å²) < 4.78 is 8.29. The Labute approximate surface area is 182 Å². The SMILES string of the molecule is Cc1cnc2c(c1NC(=O)C1c3ccccc3Oc3ccccc31)c(=O)n(C)c(=O)n2C. The third-order valence-corrected chi connectivity index (χ3v) is 5.85. The summed E-state index contributed by atoms with van der Waals surface area (Å²) in [6, 6.07) is 14.8. The molecule has 0 saturated heterocycles. The minimum atomic E-state index is -0.629. The van der Waals surface area contributed by atoms with Gasteiger partial charge < -0.3 is 10.1 Å². The van der Waals surface area contributed by atoms with E-state index in [4.69, 9.17) is 4.74 Å². The van der Waals surface area contributed by atoms with Crippen molar-refractivity contribution in [2.75, 3.05) is 5.32 Å².